The van der Waals surface area contributed by atoms with Gasteiger partial charge in [-0.1, -0.05) is 67.9 Å². The van der Waals surface area contributed by atoms with E-state index in [2.05, 4.69) is 24.4 Å². The number of carbonyl (C=O) groups excluding carboxylic acids is 2. The van der Waals surface area contributed by atoms with Crippen molar-refractivity contribution >= 4 is 35.2 Å². The van der Waals surface area contributed by atoms with Gasteiger partial charge in [-0.15, -0.1) is 11.8 Å². The largest absolute Gasteiger partial charge is 0.354 e. The number of nitrogens with zero attached hydrogens (tertiary/aromatic N) is 1. The number of halogens is 1. The molecule has 0 spiro atoms. The molecule has 0 aliphatic carbocycles. The fourth-order valence-corrected chi connectivity index (χ4v) is 4.13. The summed E-state index contributed by atoms with van der Waals surface area (Å²) in [6.45, 7) is 8.82. The van der Waals surface area contributed by atoms with Gasteiger partial charge in [0, 0.05) is 23.9 Å². The van der Waals surface area contributed by atoms with Crippen LogP contribution in [0.15, 0.2) is 48.5 Å². The van der Waals surface area contributed by atoms with Crippen LogP contribution in [-0.4, -0.2) is 35.1 Å². The standard InChI is InChI=1S/C24H31ClN2O2S/c1-17(2)13-26-24(29)19(4)27(14-20-10-7-8-12-22(20)25)23(28)16-30-15-21-11-6-5-9-18(21)3/h5-12,17,19H,13-16H2,1-4H3,(H,26,29)/t19-/m1/s1. The third-order valence-corrected chi connectivity index (χ3v) is 6.23. The summed E-state index contributed by atoms with van der Waals surface area (Å²) in [5.41, 5.74) is 3.27. The summed E-state index contributed by atoms with van der Waals surface area (Å²) in [6, 6.07) is 15.0. The molecule has 0 saturated carbocycles. The van der Waals surface area contributed by atoms with E-state index < -0.39 is 6.04 Å². The van der Waals surface area contributed by atoms with Crippen LogP contribution in [0.1, 0.15) is 37.5 Å². The minimum atomic E-state index is -0.577. The molecule has 4 nitrogen and oxygen atoms in total. The zero-order valence-electron chi connectivity index (χ0n) is 18.2. The molecule has 1 atom stereocenters. The van der Waals surface area contributed by atoms with Crippen LogP contribution >= 0.6 is 23.4 Å². The van der Waals surface area contributed by atoms with Crippen LogP contribution in [0.4, 0.5) is 0 Å². The third kappa shape index (κ3) is 7.37. The van der Waals surface area contributed by atoms with Gasteiger partial charge >= 0.3 is 0 Å². The van der Waals surface area contributed by atoms with E-state index in [0.717, 1.165) is 11.3 Å². The quantitative estimate of drug-likeness (QED) is 0.554. The van der Waals surface area contributed by atoms with Crippen LogP contribution in [0.3, 0.4) is 0 Å². The van der Waals surface area contributed by atoms with Crippen LogP contribution in [0.5, 0.6) is 0 Å². The number of benzene rings is 2. The highest BCUT2D eigenvalue weighted by molar-refractivity contribution is 7.99. The summed E-state index contributed by atoms with van der Waals surface area (Å²) in [7, 11) is 0. The highest BCUT2D eigenvalue weighted by atomic mass is 35.5. The van der Waals surface area contributed by atoms with Crippen molar-refractivity contribution in [2.24, 2.45) is 5.92 Å². The molecule has 2 aromatic rings. The van der Waals surface area contributed by atoms with Gasteiger partial charge in [-0.05, 0) is 42.5 Å². The molecule has 0 saturated heterocycles. The first-order chi connectivity index (χ1) is 14.3. The molecule has 0 heterocycles. The number of carbonyl (C=O) groups is 2. The molecule has 2 rings (SSSR count). The van der Waals surface area contributed by atoms with E-state index in [0.29, 0.717) is 29.8 Å². The van der Waals surface area contributed by atoms with Gasteiger partial charge in [0.1, 0.15) is 6.04 Å². The number of rotatable bonds is 10. The van der Waals surface area contributed by atoms with Crippen LogP contribution in [0, 0.1) is 12.8 Å². The number of hydrogen-bond acceptors (Lipinski definition) is 3. The van der Waals surface area contributed by atoms with E-state index in [1.165, 1.54) is 11.1 Å². The predicted octanol–water partition coefficient (Wildman–Crippen LogP) is 5.07. The lowest BCUT2D eigenvalue weighted by Crippen LogP contribution is -2.48. The second-order valence-corrected chi connectivity index (χ2v) is 9.24. The Morgan fingerprint density at radius 1 is 1.03 bits per heavy atom. The molecular formula is C24H31ClN2O2S. The Hall–Kier alpha value is -1.98. The number of aryl methyl sites for hydroxylation is 1. The molecular weight excluding hydrogens is 416 g/mol. The van der Waals surface area contributed by atoms with Crippen molar-refractivity contribution in [1.82, 2.24) is 10.2 Å². The van der Waals surface area contributed by atoms with Gasteiger partial charge in [0.15, 0.2) is 0 Å². The average Bonchev–Trinajstić information content (AvgIpc) is 2.72. The van der Waals surface area contributed by atoms with E-state index >= 15 is 0 Å². The van der Waals surface area contributed by atoms with E-state index in [1.54, 1.807) is 29.7 Å². The molecule has 2 aromatic carbocycles. The minimum absolute atomic E-state index is 0.0688. The molecule has 30 heavy (non-hydrogen) atoms. The summed E-state index contributed by atoms with van der Waals surface area (Å²) in [6.07, 6.45) is 0. The van der Waals surface area contributed by atoms with Crippen LogP contribution in [0.2, 0.25) is 5.02 Å². The monoisotopic (exact) mass is 446 g/mol. The fourth-order valence-electron chi connectivity index (χ4n) is 2.95. The van der Waals surface area contributed by atoms with Crippen molar-refractivity contribution in [2.45, 2.75) is 46.0 Å². The van der Waals surface area contributed by atoms with Crippen molar-refractivity contribution in [3.05, 3.63) is 70.2 Å². The van der Waals surface area contributed by atoms with Crippen molar-refractivity contribution in [3.63, 3.8) is 0 Å². The lowest BCUT2D eigenvalue weighted by Gasteiger charge is -2.29. The smallest absolute Gasteiger partial charge is 0.242 e. The lowest BCUT2D eigenvalue weighted by atomic mass is 10.1. The predicted molar refractivity (Wildman–Crippen MR) is 127 cm³/mol. The molecule has 162 valence electrons. The molecule has 0 aliphatic rings. The maximum Gasteiger partial charge on any atom is 0.242 e. The van der Waals surface area contributed by atoms with E-state index in [4.69, 9.17) is 11.6 Å². The first-order valence-electron chi connectivity index (χ1n) is 10.2. The summed E-state index contributed by atoms with van der Waals surface area (Å²) in [5, 5.41) is 3.53. The SMILES string of the molecule is Cc1ccccc1CSCC(=O)N(Cc1ccccc1Cl)[C@H](C)C(=O)NCC(C)C. The minimum Gasteiger partial charge on any atom is -0.354 e. The van der Waals surface area contributed by atoms with Crippen molar-refractivity contribution in [3.8, 4) is 0 Å². The topological polar surface area (TPSA) is 49.4 Å². The van der Waals surface area contributed by atoms with Gasteiger partial charge in [0.2, 0.25) is 11.8 Å². The summed E-state index contributed by atoms with van der Waals surface area (Å²) in [4.78, 5) is 27.4. The second kappa shape index (κ2) is 12.0. The zero-order chi connectivity index (χ0) is 22.1. The molecule has 0 radical (unpaired) electrons. The van der Waals surface area contributed by atoms with Gasteiger partial charge in [0.05, 0.1) is 5.75 Å². The Kier molecular flexibility index (Phi) is 9.73. The third-order valence-electron chi connectivity index (χ3n) is 4.89. The summed E-state index contributed by atoms with van der Waals surface area (Å²) >= 11 is 7.88. The van der Waals surface area contributed by atoms with Crippen molar-refractivity contribution in [1.29, 1.82) is 0 Å². The molecule has 6 heteroatoms. The van der Waals surface area contributed by atoms with E-state index in [1.807, 2.05) is 44.2 Å². The van der Waals surface area contributed by atoms with E-state index in [-0.39, 0.29) is 11.8 Å². The fraction of sp³-hybridized carbons (Fsp3) is 0.417. The molecule has 0 bridgehead atoms. The van der Waals surface area contributed by atoms with Gasteiger partial charge in [-0.3, -0.25) is 9.59 Å². The summed E-state index contributed by atoms with van der Waals surface area (Å²) in [5.74, 6) is 1.19. The lowest BCUT2D eigenvalue weighted by molar-refractivity contribution is -0.138. The average molecular weight is 447 g/mol. The molecule has 1 N–H and O–H groups in total. The molecule has 0 aliphatic heterocycles. The van der Waals surface area contributed by atoms with Gasteiger partial charge in [-0.25, -0.2) is 0 Å². The first-order valence-corrected chi connectivity index (χ1v) is 11.8. The Bertz CT molecular complexity index is 857. The number of nitrogens with one attached hydrogen (secondary N) is 1. The Balaban J connectivity index is 2.08. The number of amides is 2. The van der Waals surface area contributed by atoms with Gasteiger partial charge in [0.25, 0.3) is 0 Å². The zero-order valence-corrected chi connectivity index (χ0v) is 19.7. The molecule has 0 aromatic heterocycles. The Labute approximate surface area is 189 Å². The summed E-state index contributed by atoms with van der Waals surface area (Å²) < 4.78 is 0. The van der Waals surface area contributed by atoms with Crippen LogP contribution in [-0.2, 0) is 21.9 Å². The molecule has 2 amide bonds. The molecule has 0 fully saturated rings. The van der Waals surface area contributed by atoms with Crippen molar-refractivity contribution in [2.75, 3.05) is 12.3 Å². The van der Waals surface area contributed by atoms with Crippen LogP contribution < -0.4 is 5.32 Å². The van der Waals surface area contributed by atoms with Crippen molar-refractivity contribution < 1.29 is 9.59 Å². The highest BCUT2D eigenvalue weighted by Gasteiger charge is 2.26. The number of thioether (sulfide) groups is 1. The van der Waals surface area contributed by atoms with Gasteiger partial charge in [-0.2, -0.15) is 0 Å². The Morgan fingerprint density at radius 2 is 1.67 bits per heavy atom. The van der Waals surface area contributed by atoms with E-state index in [9.17, 15) is 9.59 Å². The molecule has 0 unspecified atom stereocenters. The van der Waals surface area contributed by atoms with Gasteiger partial charge < -0.3 is 10.2 Å². The maximum absolute atomic E-state index is 13.1. The Morgan fingerprint density at radius 3 is 2.30 bits per heavy atom. The highest BCUT2D eigenvalue weighted by Crippen LogP contribution is 2.21. The maximum atomic E-state index is 13.1. The van der Waals surface area contributed by atoms with Crippen LogP contribution in [0.25, 0.3) is 0 Å². The second-order valence-electron chi connectivity index (χ2n) is 7.85. The first kappa shape index (κ1) is 24.3. The normalized spacial score (nSPS) is 11.9. The number of hydrogen-bond donors (Lipinski definition) is 1.